The Morgan fingerprint density at radius 2 is 2.11 bits per heavy atom. The van der Waals surface area contributed by atoms with Crippen molar-refractivity contribution >= 4 is 38.9 Å². The Kier molecular flexibility index (Phi) is 3.66. The Bertz CT molecular complexity index is 646. The zero-order valence-corrected chi connectivity index (χ0v) is 11.6. The van der Waals surface area contributed by atoms with E-state index < -0.39 is 4.92 Å². The second-order valence-electron chi connectivity index (χ2n) is 4.00. The molecule has 98 valence electrons. The standard InChI is InChI=1S/C12H11BrN4O2/c1-7-2-3-9(13)10(4-7)15-12-6-8(17(18)19)5-11(14)16-12/h2-6H,1H3,(H3,14,15,16). The summed E-state index contributed by atoms with van der Waals surface area (Å²) in [4.78, 5) is 14.3. The van der Waals surface area contributed by atoms with Gasteiger partial charge in [-0.3, -0.25) is 10.1 Å². The molecule has 1 aromatic carbocycles. The number of nitrogens with one attached hydrogen (secondary N) is 1. The molecule has 1 heterocycles. The molecule has 0 saturated heterocycles. The molecule has 2 rings (SSSR count). The van der Waals surface area contributed by atoms with Gasteiger partial charge in [0.25, 0.3) is 5.69 Å². The number of nitrogen functional groups attached to an aromatic ring is 1. The molecular formula is C12H11BrN4O2. The van der Waals surface area contributed by atoms with Crippen molar-refractivity contribution in [2.45, 2.75) is 6.92 Å². The van der Waals surface area contributed by atoms with Gasteiger partial charge in [-0.15, -0.1) is 0 Å². The summed E-state index contributed by atoms with van der Waals surface area (Å²) in [6.07, 6.45) is 0. The predicted octanol–water partition coefficient (Wildman–Crippen LogP) is 3.39. The topological polar surface area (TPSA) is 94.1 Å². The smallest absolute Gasteiger partial charge is 0.276 e. The minimum absolute atomic E-state index is 0.0977. The molecule has 0 aliphatic heterocycles. The van der Waals surface area contributed by atoms with Gasteiger partial charge in [0, 0.05) is 4.47 Å². The largest absolute Gasteiger partial charge is 0.383 e. The van der Waals surface area contributed by atoms with Crippen molar-refractivity contribution in [2.24, 2.45) is 0 Å². The number of nitrogens with zero attached hydrogens (tertiary/aromatic N) is 2. The minimum Gasteiger partial charge on any atom is -0.383 e. The Morgan fingerprint density at radius 3 is 2.79 bits per heavy atom. The van der Waals surface area contributed by atoms with Crippen molar-refractivity contribution in [3.8, 4) is 0 Å². The Hall–Kier alpha value is -2.15. The summed E-state index contributed by atoms with van der Waals surface area (Å²) in [6, 6.07) is 8.30. The van der Waals surface area contributed by atoms with Gasteiger partial charge < -0.3 is 11.1 Å². The molecule has 19 heavy (non-hydrogen) atoms. The normalized spacial score (nSPS) is 10.2. The molecule has 0 aliphatic carbocycles. The van der Waals surface area contributed by atoms with E-state index in [0.717, 1.165) is 15.7 Å². The second kappa shape index (κ2) is 5.23. The highest BCUT2D eigenvalue weighted by atomic mass is 79.9. The Balaban J connectivity index is 2.38. The molecule has 0 radical (unpaired) electrons. The second-order valence-corrected chi connectivity index (χ2v) is 4.86. The first kappa shape index (κ1) is 13.3. The molecule has 0 saturated carbocycles. The first-order valence-corrected chi connectivity index (χ1v) is 6.20. The van der Waals surface area contributed by atoms with E-state index in [1.807, 2.05) is 25.1 Å². The zero-order valence-electron chi connectivity index (χ0n) is 10.1. The summed E-state index contributed by atoms with van der Waals surface area (Å²) < 4.78 is 0.838. The Morgan fingerprint density at radius 1 is 1.37 bits per heavy atom. The van der Waals surface area contributed by atoms with E-state index in [-0.39, 0.29) is 11.5 Å². The van der Waals surface area contributed by atoms with Crippen LogP contribution in [-0.2, 0) is 0 Å². The molecule has 0 atom stereocenters. The fourth-order valence-corrected chi connectivity index (χ4v) is 1.92. The van der Waals surface area contributed by atoms with Crippen molar-refractivity contribution in [2.75, 3.05) is 11.1 Å². The van der Waals surface area contributed by atoms with Crippen molar-refractivity contribution in [3.63, 3.8) is 0 Å². The molecule has 6 nitrogen and oxygen atoms in total. The molecule has 3 N–H and O–H groups in total. The van der Waals surface area contributed by atoms with Crippen molar-refractivity contribution < 1.29 is 4.92 Å². The molecule has 0 unspecified atom stereocenters. The number of hydrogen-bond acceptors (Lipinski definition) is 5. The summed E-state index contributed by atoms with van der Waals surface area (Å²) in [6.45, 7) is 1.95. The number of rotatable bonds is 3. The average Bonchev–Trinajstić information content (AvgIpc) is 2.33. The van der Waals surface area contributed by atoms with Gasteiger partial charge in [0.1, 0.15) is 11.6 Å². The van der Waals surface area contributed by atoms with Crippen molar-refractivity contribution in [3.05, 3.63) is 50.5 Å². The molecule has 0 bridgehead atoms. The molecule has 0 spiro atoms. The van der Waals surface area contributed by atoms with Crippen LogP contribution in [0.1, 0.15) is 5.56 Å². The van der Waals surface area contributed by atoms with Gasteiger partial charge in [0.2, 0.25) is 0 Å². The molecule has 1 aromatic heterocycles. The van der Waals surface area contributed by atoms with Gasteiger partial charge in [-0.25, -0.2) is 4.98 Å². The van der Waals surface area contributed by atoms with Crippen LogP contribution >= 0.6 is 15.9 Å². The lowest BCUT2D eigenvalue weighted by Crippen LogP contribution is -2.00. The minimum atomic E-state index is -0.505. The highest BCUT2D eigenvalue weighted by Crippen LogP contribution is 2.28. The number of aromatic nitrogens is 1. The molecule has 2 aromatic rings. The highest BCUT2D eigenvalue weighted by Gasteiger charge is 2.10. The van der Waals surface area contributed by atoms with Gasteiger partial charge in [-0.2, -0.15) is 0 Å². The van der Waals surface area contributed by atoms with Crippen LogP contribution in [0, 0.1) is 17.0 Å². The SMILES string of the molecule is Cc1ccc(Br)c(Nc2cc([N+](=O)[O-])cc(N)n2)c1. The third kappa shape index (κ3) is 3.19. The fraction of sp³-hybridized carbons (Fsp3) is 0.0833. The predicted molar refractivity (Wildman–Crippen MR) is 77.5 cm³/mol. The van der Waals surface area contributed by atoms with Gasteiger partial charge in [0.15, 0.2) is 0 Å². The van der Waals surface area contributed by atoms with Gasteiger partial charge in [-0.1, -0.05) is 6.07 Å². The van der Waals surface area contributed by atoms with E-state index in [1.165, 1.54) is 12.1 Å². The van der Waals surface area contributed by atoms with E-state index in [0.29, 0.717) is 5.82 Å². The summed E-state index contributed by atoms with van der Waals surface area (Å²) in [5.74, 6) is 0.429. The van der Waals surface area contributed by atoms with Crippen LogP contribution in [0.2, 0.25) is 0 Å². The maximum atomic E-state index is 10.8. The number of anilines is 3. The van der Waals surface area contributed by atoms with Crippen LogP contribution in [0.15, 0.2) is 34.8 Å². The number of hydrogen-bond donors (Lipinski definition) is 2. The van der Waals surface area contributed by atoms with Crippen molar-refractivity contribution in [1.29, 1.82) is 0 Å². The lowest BCUT2D eigenvalue weighted by Gasteiger charge is -2.09. The summed E-state index contributed by atoms with van der Waals surface area (Å²) in [5.41, 5.74) is 7.28. The lowest BCUT2D eigenvalue weighted by molar-refractivity contribution is -0.384. The number of pyridine rings is 1. The quantitative estimate of drug-likeness (QED) is 0.667. The van der Waals surface area contributed by atoms with Crippen LogP contribution in [-0.4, -0.2) is 9.91 Å². The molecule has 7 heteroatoms. The fourth-order valence-electron chi connectivity index (χ4n) is 1.58. The highest BCUT2D eigenvalue weighted by molar-refractivity contribution is 9.10. The van der Waals surface area contributed by atoms with E-state index in [4.69, 9.17) is 5.73 Å². The van der Waals surface area contributed by atoms with E-state index >= 15 is 0 Å². The summed E-state index contributed by atoms with van der Waals surface area (Å²) >= 11 is 3.40. The molecule has 0 aliphatic rings. The van der Waals surface area contributed by atoms with E-state index in [1.54, 1.807) is 0 Å². The third-order valence-corrected chi connectivity index (χ3v) is 3.12. The van der Waals surface area contributed by atoms with E-state index in [9.17, 15) is 10.1 Å². The molecule has 0 amide bonds. The van der Waals surface area contributed by atoms with Crippen molar-refractivity contribution in [1.82, 2.24) is 4.98 Å². The number of halogens is 1. The number of aryl methyl sites for hydroxylation is 1. The van der Waals surface area contributed by atoms with Crippen LogP contribution in [0.3, 0.4) is 0 Å². The van der Waals surface area contributed by atoms with Gasteiger partial charge in [-0.05, 0) is 40.5 Å². The first-order chi connectivity index (χ1) is 8.95. The maximum Gasteiger partial charge on any atom is 0.276 e. The maximum absolute atomic E-state index is 10.8. The van der Waals surface area contributed by atoms with Gasteiger partial charge >= 0.3 is 0 Å². The van der Waals surface area contributed by atoms with Crippen LogP contribution in [0.4, 0.5) is 23.0 Å². The zero-order chi connectivity index (χ0) is 14.0. The molecule has 0 fully saturated rings. The average molecular weight is 323 g/mol. The Labute approximate surface area is 117 Å². The number of benzene rings is 1. The van der Waals surface area contributed by atoms with Crippen LogP contribution in [0.5, 0.6) is 0 Å². The third-order valence-electron chi connectivity index (χ3n) is 2.43. The summed E-state index contributed by atoms with van der Waals surface area (Å²) in [5, 5.41) is 13.8. The van der Waals surface area contributed by atoms with E-state index in [2.05, 4.69) is 26.2 Å². The van der Waals surface area contributed by atoms with Crippen LogP contribution in [0.25, 0.3) is 0 Å². The monoisotopic (exact) mass is 322 g/mol. The number of nitrogens with two attached hydrogens (primary N) is 1. The number of nitro groups is 1. The summed E-state index contributed by atoms with van der Waals surface area (Å²) in [7, 11) is 0. The lowest BCUT2D eigenvalue weighted by atomic mass is 10.2. The first-order valence-electron chi connectivity index (χ1n) is 5.41. The molecular weight excluding hydrogens is 312 g/mol. The van der Waals surface area contributed by atoms with Gasteiger partial charge in [0.05, 0.1) is 22.7 Å². The van der Waals surface area contributed by atoms with Crippen LogP contribution < -0.4 is 11.1 Å².